The van der Waals surface area contributed by atoms with Crippen molar-refractivity contribution in [3.05, 3.63) is 111 Å². The van der Waals surface area contributed by atoms with Gasteiger partial charge in [-0.1, -0.05) is 66.7 Å². The lowest BCUT2D eigenvalue weighted by molar-refractivity contribution is 0.0696. The van der Waals surface area contributed by atoms with E-state index in [-0.39, 0.29) is 27.7 Å². The van der Waals surface area contributed by atoms with Crippen molar-refractivity contribution in [3.63, 3.8) is 0 Å². The molecule has 0 saturated carbocycles. The molecule has 2 aromatic carbocycles. The minimum atomic E-state index is -1.18. The monoisotopic (exact) mass is 426 g/mol. The molecule has 0 amide bonds. The van der Waals surface area contributed by atoms with E-state index >= 15 is 0 Å². The zero-order valence-corrected chi connectivity index (χ0v) is 17.5. The number of carboxylic acids is 1. The molecule has 0 aliphatic heterocycles. The standard InChI is InChI=1S/C26H22N2O4/c1-2-28-16-21(24(29)18-11-7-4-8-12-18)23-20(25(28)30)15-19(26(31)32)22(27-23)14-13-17-9-5-3-6-10-17/h3-16,24,29H,2H2,1H3,(H,31,32)/b14-13+. The molecule has 2 N–H and O–H groups in total. The molecule has 1 atom stereocenters. The van der Waals surface area contributed by atoms with Crippen LogP contribution in [0, 0.1) is 0 Å². The van der Waals surface area contributed by atoms with Crippen molar-refractivity contribution >= 4 is 29.0 Å². The molecule has 1 unspecified atom stereocenters. The van der Waals surface area contributed by atoms with Crippen LogP contribution in [0.3, 0.4) is 0 Å². The van der Waals surface area contributed by atoms with Crippen molar-refractivity contribution in [2.75, 3.05) is 0 Å². The molecule has 32 heavy (non-hydrogen) atoms. The molecule has 160 valence electrons. The van der Waals surface area contributed by atoms with Crippen molar-refractivity contribution in [2.24, 2.45) is 0 Å². The Kier molecular flexibility index (Phi) is 5.96. The Labute approximate surface area is 184 Å². The average Bonchev–Trinajstić information content (AvgIpc) is 2.83. The summed E-state index contributed by atoms with van der Waals surface area (Å²) in [7, 11) is 0. The first-order chi connectivity index (χ1) is 15.5. The fourth-order valence-electron chi connectivity index (χ4n) is 3.64. The van der Waals surface area contributed by atoms with E-state index in [9.17, 15) is 19.8 Å². The number of pyridine rings is 2. The second kappa shape index (κ2) is 8.99. The lowest BCUT2D eigenvalue weighted by atomic mass is 9.99. The Morgan fingerprint density at radius 2 is 1.72 bits per heavy atom. The van der Waals surface area contributed by atoms with E-state index in [0.717, 1.165) is 5.56 Å². The molecule has 0 spiro atoms. The lowest BCUT2D eigenvalue weighted by Crippen LogP contribution is -2.22. The van der Waals surface area contributed by atoms with Crippen LogP contribution < -0.4 is 5.56 Å². The first kappa shape index (κ1) is 21.2. The van der Waals surface area contributed by atoms with Gasteiger partial charge < -0.3 is 14.8 Å². The molecule has 6 heteroatoms. The van der Waals surface area contributed by atoms with Gasteiger partial charge in [-0.05, 0) is 30.2 Å². The van der Waals surface area contributed by atoms with E-state index in [1.807, 2.05) is 55.5 Å². The number of aryl methyl sites for hydroxylation is 1. The molecule has 0 bridgehead atoms. The normalized spacial score (nSPS) is 12.3. The van der Waals surface area contributed by atoms with Crippen LogP contribution in [0.2, 0.25) is 0 Å². The molecule has 0 aliphatic rings. The van der Waals surface area contributed by atoms with Gasteiger partial charge in [0.25, 0.3) is 5.56 Å². The number of carboxylic acid groups (broad SMARTS) is 1. The van der Waals surface area contributed by atoms with Crippen molar-refractivity contribution < 1.29 is 15.0 Å². The number of aliphatic hydroxyl groups is 1. The summed E-state index contributed by atoms with van der Waals surface area (Å²) in [6.45, 7) is 2.19. The molecule has 0 saturated heterocycles. The van der Waals surface area contributed by atoms with Crippen molar-refractivity contribution in [1.29, 1.82) is 0 Å². The fraction of sp³-hybridized carbons (Fsp3) is 0.115. The number of aliphatic hydroxyl groups excluding tert-OH is 1. The highest BCUT2D eigenvalue weighted by Gasteiger charge is 2.21. The number of nitrogens with zero attached hydrogens (tertiary/aromatic N) is 2. The minimum Gasteiger partial charge on any atom is -0.478 e. The maximum atomic E-state index is 13.0. The maximum absolute atomic E-state index is 13.0. The van der Waals surface area contributed by atoms with Crippen molar-refractivity contribution in [2.45, 2.75) is 19.6 Å². The maximum Gasteiger partial charge on any atom is 0.337 e. The quantitative estimate of drug-likeness (QED) is 0.478. The van der Waals surface area contributed by atoms with Crippen LogP contribution in [0.5, 0.6) is 0 Å². The summed E-state index contributed by atoms with van der Waals surface area (Å²) >= 11 is 0. The van der Waals surface area contributed by atoms with Crippen LogP contribution in [-0.2, 0) is 6.54 Å². The number of carbonyl (C=O) groups is 1. The Morgan fingerprint density at radius 1 is 1.06 bits per heavy atom. The Bertz CT molecular complexity index is 1360. The summed E-state index contributed by atoms with van der Waals surface area (Å²) in [5.41, 5.74) is 2.06. The highest BCUT2D eigenvalue weighted by Crippen LogP contribution is 2.28. The van der Waals surface area contributed by atoms with Gasteiger partial charge in [-0.15, -0.1) is 0 Å². The number of hydrogen-bond donors (Lipinski definition) is 2. The molecule has 6 nitrogen and oxygen atoms in total. The predicted octanol–water partition coefficient (Wildman–Crippen LogP) is 4.37. The van der Waals surface area contributed by atoms with Gasteiger partial charge in [0.1, 0.15) is 6.10 Å². The van der Waals surface area contributed by atoms with E-state index in [2.05, 4.69) is 4.98 Å². The predicted molar refractivity (Wildman–Crippen MR) is 125 cm³/mol. The molecule has 2 heterocycles. The van der Waals surface area contributed by atoms with Crippen LogP contribution in [-0.4, -0.2) is 25.7 Å². The summed E-state index contributed by atoms with van der Waals surface area (Å²) < 4.78 is 1.45. The SMILES string of the molecule is CCn1cc(C(O)c2ccccc2)c2nc(/C=C/c3ccccc3)c(C(=O)O)cc2c1=O. The van der Waals surface area contributed by atoms with Gasteiger partial charge in [0.15, 0.2) is 0 Å². The smallest absolute Gasteiger partial charge is 0.337 e. The second-order valence-electron chi connectivity index (χ2n) is 7.36. The van der Waals surface area contributed by atoms with Crippen LogP contribution in [0.15, 0.2) is 77.7 Å². The van der Waals surface area contributed by atoms with Gasteiger partial charge in [0.05, 0.1) is 22.2 Å². The topological polar surface area (TPSA) is 92.4 Å². The number of benzene rings is 2. The molecule has 0 fully saturated rings. The van der Waals surface area contributed by atoms with Crippen LogP contribution >= 0.6 is 0 Å². The van der Waals surface area contributed by atoms with E-state index in [1.54, 1.807) is 30.5 Å². The third-order valence-corrected chi connectivity index (χ3v) is 5.33. The largest absolute Gasteiger partial charge is 0.478 e. The second-order valence-corrected chi connectivity index (χ2v) is 7.36. The minimum absolute atomic E-state index is 0.0733. The number of rotatable bonds is 6. The Balaban J connectivity index is 1.97. The van der Waals surface area contributed by atoms with E-state index < -0.39 is 12.1 Å². The Hall–Kier alpha value is -4.03. The highest BCUT2D eigenvalue weighted by molar-refractivity contribution is 5.97. The van der Waals surface area contributed by atoms with Crippen LogP contribution in [0.4, 0.5) is 0 Å². The van der Waals surface area contributed by atoms with Gasteiger partial charge >= 0.3 is 5.97 Å². The van der Waals surface area contributed by atoms with E-state index in [0.29, 0.717) is 17.7 Å². The number of aromatic nitrogens is 2. The summed E-state index contributed by atoms with van der Waals surface area (Å²) in [6.07, 6.45) is 3.95. The molecule has 0 radical (unpaired) electrons. The fourth-order valence-corrected chi connectivity index (χ4v) is 3.64. The highest BCUT2D eigenvalue weighted by atomic mass is 16.4. The average molecular weight is 426 g/mol. The first-order valence-electron chi connectivity index (χ1n) is 10.3. The molecule has 4 rings (SSSR count). The molecule has 2 aromatic heterocycles. The zero-order valence-electron chi connectivity index (χ0n) is 17.5. The van der Waals surface area contributed by atoms with Gasteiger partial charge in [0.2, 0.25) is 0 Å². The number of aromatic carboxylic acids is 1. The van der Waals surface area contributed by atoms with E-state index in [4.69, 9.17) is 0 Å². The lowest BCUT2D eigenvalue weighted by Gasteiger charge is -2.17. The van der Waals surface area contributed by atoms with Gasteiger partial charge in [-0.3, -0.25) is 4.79 Å². The summed E-state index contributed by atoms with van der Waals surface area (Å²) in [5, 5.41) is 21.0. The molecule has 4 aromatic rings. The van der Waals surface area contributed by atoms with Crippen LogP contribution in [0.25, 0.3) is 23.1 Å². The van der Waals surface area contributed by atoms with Gasteiger partial charge in [-0.25, -0.2) is 9.78 Å². The van der Waals surface area contributed by atoms with Gasteiger partial charge in [0, 0.05) is 18.3 Å². The van der Waals surface area contributed by atoms with Crippen molar-refractivity contribution in [1.82, 2.24) is 9.55 Å². The summed E-state index contributed by atoms with van der Waals surface area (Å²) in [4.78, 5) is 29.5. The number of hydrogen-bond acceptors (Lipinski definition) is 4. The third-order valence-electron chi connectivity index (χ3n) is 5.33. The van der Waals surface area contributed by atoms with Crippen LogP contribution in [0.1, 0.15) is 45.8 Å². The summed E-state index contributed by atoms with van der Waals surface area (Å²) in [5.74, 6) is -1.18. The third kappa shape index (κ3) is 4.08. The van der Waals surface area contributed by atoms with E-state index in [1.165, 1.54) is 10.6 Å². The summed E-state index contributed by atoms with van der Waals surface area (Å²) in [6, 6.07) is 19.9. The Morgan fingerprint density at radius 3 is 2.34 bits per heavy atom. The molecular formula is C26H22N2O4. The molecule has 0 aliphatic carbocycles. The van der Waals surface area contributed by atoms with Gasteiger partial charge in [-0.2, -0.15) is 0 Å². The first-order valence-corrected chi connectivity index (χ1v) is 10.3. The zero-order chi connectivity index (χ0) is 22.7. The number of fused-ring (bicyclic) bond motifs is 1. The van der Waals surface area contributed by atoms with Crippen molar-refractivity contribution in [3.8, 4) is 0 Å². The molecular weight excluding hydrogens is 404 g/mol.